The molecule has 3 nitrogen and oxygen atoms in total. The Bertz CT molecular complexity index is 575. The summed E-state index contributed by atoms with van der Waals surface area (Å²) in [6, 6.07) is 5.48. The molecule has 2 rings (SSSR count). The standard InChI is InChI=1S/C12H11F4N3/c13-11-8(6-17)2-1-3-9(11)7-19-5-4-10(18-19)12(14,15)16/h1-5H,6-7,17H2. The first-order chi connectivity index (χ1) is 8.91. The Balaban J connectivity index is 2.25. The van der Waals surface area contributed by atoms with Crippen molar-refractivity contribution in [2.75, 3.05) is 0 Å². The summed E-state index contributed by atoms with van der Waals surface area (Å²) in [6.45, 7) is -0.0394. The summed E-state index contributed by atoms with van der Waals surface area (Å²) in [5.74, 6) is -0.506. The minimum absolute atomic E-state index is 0.0343. The molecule has 0 saturated heterocycles. The molecule has 1 aromatic heterocycles. The molecule has 0 unspecified atom stereocenters. The maximum absolute atomic E-state index is 13.9. The number of halogens is 4. The summed E-state index contributed by atoms with van der Waals surface area (Å²) < 4.78 is 52.0. The van der Waals surface area contributed by atoms with Crippen LogP contribution in [0.1, 0.15) is 16.8 Å². The third-order valence-corrected chi connectivity index (χ3v) is 2.64. The van der Waals surface area contributed by atoms with Crippen LogP contribution in [0.2, 0.25) is 0 Å². The zero-order valence-corrected chi connectivity index (χ0v) is 9.78. The number of hydrogen-bond donors (Lipinski definition) is 1. The zero-order chi connectivity index (χ0) is 14.0. The van der Waals surface area contributed by atoms with E-state index in [-0.39, 0.29) is 18.7 Å². The molecule has 7 heteroatoms. The lowest BCUT2D eigenvalue weighted by Gasteiger charge is -2.07. The first-order valence-electron chi connectivity index (χ1n) is 5.49. The summed E-state index contributed by atoms with van der Waals surface area (Å²) in [7, 11) is 0. The Morgan fingerprint density at radius 3 is 2.42 bits per heavy atom. The number of nitrogens with two attached hydrogens (primary N) is 1. The van der Waals surface area contributed by atoms with Crippen LogP contribution >= 0.6 is 0 Å². The monoisotopic (exact) mass is 273 g/mol. The number of rotatable bonds is 3. The lowest BCUT2D eigenvalue weighted by molar-refractivity contribution is -0.141. The van der Waals surface area contributed by atoms with Gasteiger partial charge < -0.3 is 5.73 Å². The number of benzene rings is 1. The van der Waals surface area contributed by atoms with E-state index in [4.69, 9.17) is 5.73 Å². The Hall–Kier alpha value is -1.89. The van der Waals surface area contributed by atoms with Crippen molar-refractivity contribution in [2.45, 2.75) is 19.3 Å². The van der Waals surface area contributed by atoms with E-state index >= 15 is 0 Å². The van der Waals surface area contributed by atoms with E-state index in [1.54, 1.807) is 6.07 Å². The van der Waals surface area contributed by atoms with Crippen LogP contribution in [-0.4, -0.2) is 9.78 Å². The number of hydrogen-bond acceptors (Lipinski definition) is 2. The fourth-order valence-electron chi connectivity index (χ4n) is 1.69. The van der Waals surface area contributed by atoms with Gasteiger partial charge in [0.1, 0.15) is 5.82 Å². The molecular formula is C12H11F4N3. The van der Waals surface area contributed by atoms with Crippen LogP contribution in [0.3, 0.4) is 0 Å². The molecule has 19 heavy (non-hydrogen) atoms. The second-order valence-electron chi connectivity index (χ2n) is 3.99. The zero-order valence-electron chi connectivity index (χ0n) is 9.78. The molecule has 1 aromatic carbocycles. The van der Waals surface area contributed by atoms with E-state index in [9.17, 15) is 17.6 Å². The smallest absolute Gasteiger partial charge is 0.326 e. The van der Waals surface area contributed by atoms with Gasteiger partial charge in [-0.1, -0.05) is 18.2 Å². The van der Waals surface area contributed by atoms with Gasteiger partial charge in [0.25, 0.3) is 0 Å². The topological polar surface area (TPSA) is 43.8 Å². The molecule has 0 bridgehead atoms. The predicted octanol–water partition coefficient (Wildman–Crippen LogP) is 2.55. The molecule has 0 aliphatic heterocycles. The second-order valence-corrected chi connectivity index (χ2v) is 3.99. The van der Waals surface area contributed by atoms with Crippen LogP contribution < -0.4 is 5.73 Å². The predicted molar refractivity (Wildman–Crippen MR) is 60.6 cm³/mol. The van der Waals surface area contributed by atoms with Crippen molar-refractivity contribution in [1.29, 1.82) is 0 Å². The van der Waals surface area contributed by atoms with Crippen molar-refractivity contribution in [3.05, 3.63) is 53.1 Å². The van der Waals surface area contributed by atoms with Crippen LogP contribution in [0.4, 0.5) is 17.6 Å². The van der Waals surface area contributed by atoms with Crippen LogP contribution in [0, 0.1) is 5.82 Å². The third-order valence-electron chi connectivity index (χ3n) is 2.64. The van der Waals surface area contributed by atoms with Gasteiger partial charge in [-0.25, -0.2) is 4.39 Å². The van der Waals surface area contributed by atoms with Gasteiger partial charge >= 0.3 is 6.18 Å². The summed E-state index contributed by atoms with van der Waals surface area (Å²) in [5.41, 5.74) is 4.94. The molecule has 0 radical (unpaired) electrons. The summed E-state index contributed by atoms with van der Waals surface area (Å²) >= 11 is 0. The van der Waals surface area contributed by atoms with Gasteiger partial charge in [-0.3, -0.25) is 4.68 Å². The number of alkyl halides is 3. The Morgan fingerprint density at radius 2 is 1.84 bits per heavy atom. The van der Waals surface area contributed by atoms with Gasteiger partial charge in [-0.15, -0.1) is 0 Å². The van der Waals surface area contributed by atoms with E-state index in [1.165, 1.54) is 12.1 Å². The molecule has 0 fully saturated rings. The molecular weight excluding hydrogens is 262 g/mol. The summed E-state index contributed by atoms with van der Waals surface area (Å²) in [6.07, 6.45) is -3.33. The molecule has 2 aromatic rings. The highest BCUT2D eigenvalue weighted by atomic mass is 19.4. The van der Waals surface area contributed by atoms with Gasteiger partial charge in [-0.2, -0.15) is 18.3 Å². The fraction of sp³-hybridized carbons (Fsp3) is 0.250. The SMILES string of the molecule is NCc1cccc(Cn2ccc(C(F)(F)F)n2)c1F. The number of aromatic nitrogens is 2. The normalized spacial score (nSPS) is 11.8. The van der Waals surface area contributed by atoms with Gasteiger partial charge in [0.15, 0.2) is 5.69 Å². The highest BCUT2D eigenvalue weighted by Crippen LogP contribution is 2.27. The average molecular weight is 273 g/mol. The highest BCUT2D eigenvalue weighted by molar-refractivity contribution is 5.26. The van der Waals surface area contributed by atoms with E-state index in [0.29, 0.717) is 5.56 Å². The van der Waals surface area contributed by atoms with Crippen molar-refractivity contribution in [3.8, 4) is 0 Å². The molecule has 0 saturated carbocycles. The second kappa shape index (κ2) is 5.00. The Kier molecular flexibility index (Phi) is 3.57. The van der Waals surface area contributed by atoms with Gasteiger partial charge in [-0.05, 0) is 6.07 Å². The Labute approximate surface area is 106 Å². The maximum Gasteiger partial charge on any atom is 0.435 e. The van der Waals surface area contributed by atoms with Gasteiger partial charge in [0.05, 0.1) is 6.54 Å². The van der Waals surface area contributed by atoms with Crippen molar-refractivity contribution >= 4 is 0 Å². The maximum atomic E-state index is 13.9. The quantitative estimate of drug-likeness (QED) is 0.873. The lowest BCUT2D eigenvalue weighted by atomic mass is 10.1. The molecule has 0 amide bonds. The largest absolute Gasteiger partial charge is 0.435 e. The van der Waals surface area contributed by atoms with Crippen molar-refractivity contribution in [3.63, 3.8) is 0 Å². The first-order valence-corrected chi connectivity index (χ1v) is 5.49. The van der Waals surface area contributed by atoms with Crippen LogP contribution in [0.5, 0.6) is 0 Å². The van der Waals surface area contributed by atoms with Gasteiger partial charge in [0, 0.05) is 23.9 Å². The fourth-order valence-corrected chi connectivity index (χ4v) is 1.69. The number of nitrogens with zero attached hydrogens (tertiary/aromatic N) is 2. The van der Waals surface area contributed by atoms with Crippen molar-refractivity contribution in [1.82, 2.24) is 9.78 Å². The lowest BCUT2D eigenvalue weighted by Crippen LogP contribution is -2.10. The third kappa shape index (κ3) is 2.93. The van der Waals surface area contributed by atoms with E-state index in [2.05, 4.69) is 5.10 Å². The summed E-state index contributed by atoms with van der Waals surface area (Å²) in [4.78, 5) is 0. The van der Waals surface area contributed by atoms with Crippen LogP contribution in [-0.2, 0) is 19.3 Å². The van der Waals surface area contributed by atoms with Gasteiger partial charge in [0.2, 0.25) is 0 Å². The highest BCUT2D eigenvalue weighted by Gasteiger charge is 2.33. The van der Waals surface area contributed by atoms with Crippen LogP contribution in [0.25, 0.3) is 0 Å². The van der Waals surface area contributed by atoms with Crippen molar-refractivity contribution < 1.29 is 17.6 Å². The first kappa shape index (κ1) is 13.5. The minimum atomic E-state index is -4.50. The van der Waals surface area contributed by atoms with Crippen molar-refractivity contribution in [2.24, 2.45) is 5.73 Å². The van der Waals surface area contributed by atoms with E-state index < -0.39 is 17.7 Å². The molecule has 102 valence electrons. The Morgan fingerprint density at radius 1 is 1.16 bits per heavy atom. The molecule has 0 aliphatic carbocycles. The average Bonchev–Trinajstić information content (AvgIpc) is 2.80. The van der Waals surface area contributed by atoms with Crippen LogP contribution in [0.15, 0.2) is 30.5 Å². The molecule has 0 spiro atoms. The minimum Gasteiger partial charge on any atom is -0.326 e. The molecule has 0 atom stereocenters. The molecule has 0 aliphatic rings. The van der Waals surface area contributed by atoms with E-state index in [0.717, 1.165) is 16.9 Å². The summed E-state index contributed by atoms with van der Waals surface area (Å²) in [5, 5.41) is 3.37. The van der Waals surface area contributed by atoms with E-state index in [1.807, 2.05) is 0 Å². The molecule has 2 N–H and O–H groups in total. The molecule has 1 heterocycles.